The van der Waals surface area contributed by atoms with E-state index in [1.807, 2.05) is 0 Å². The van der Waals surface area contributed by atoms with Crippen LogP contribution in [-0.2, 0) is 12.7 Å². The molecule has 0 atom stereocenters. The van der Waals surface area contributed by atoms with Crippen LogP contribution in [-0.4, -0.2) is 7.11 Å². The Hall–Kier alpha value is -2.01. The second-order valence-corrected chi connectivity index (χ2v) is 4.35. The maximum absolute atomic E-state index is 12.9. The van der Waals surface area contributed by atoms with Gasteiger partial charge in [0, 0.05) is 6.54 Å². The summed E-state index contributed by atoms with van der Waals surface area (Å²) in [5.74, 6) is 0.653. The van der Waals surface area contributed by atoms with E-state index >= 15 is 0 Å². The maximum atomic E-state index is 12.9. The molecular weight excluding hydrogens is 267 g/mol. The second kappa shape index (κ2) is 5.54. The minimum atomic E-state index is -4.38. The highest BCUT2D eigenvalue weighted by Gasteiger charge is 2.31. The summed E-state index contributed by atoms with van der Waals surface area (Å²) >= 11 is 0. The Labute approximate surface area is 115 Å². The molecule has 2 N–H and O–H groups in total. The minimum Gasteiger partial charge on any atom is -0.497 e. The molecule has 0 unspecified atom stereocenters. The fourth-order valence-electron chi connectivity index (χ4n) is 1.92. The predicted octanol–water partition coefficient (Wildman–Crippen LogP) is 3.84. The van der Waals surface area contributed by atoms with Crippen molar-refractivity contribution in [1.82, 2.24) is 0 Å². The quantitative estimate of drug-likeness (QED) is 0.927. The molecule has 0 aliphatic carbocycles. The van der Waals surface area contributed by atoms with Gasteiger partial charge in [0.15, 0.2) is 0 Å². The van der Waals surface area contributed by atoms with Gasteiger partial charge in [-0.3, -0.25) is 0 Å². The van der Waals surface area contributed by atoms with Crippen LogP contribution < -0.4 is 10.5 Å². The lowest BCUT2D eigenvalue weighted by Gasteiger charge is -2.12. The highest BCUT2D eigenvalue weighted by Crippen LogP contribution is 2.33. The van der Waals surface area contributed by atoms with Gasteiger partial charge in [0.1, 0.15) is 5.75 Å². The Morgan fingerprint density at radius 2 is 1.65 bits per heavy atom. The molecule has 0 aliphatic heterocycles. The molecule has 0 amide bonds. The third-order valence-electron chi connectivity index (χ3n) is 2.98. The summed E-state index contributed by atoms with van der Waals surface area (Å²) in [4.78, 5) is 0. The molecule has 106 valence electrons. The van der Waals surface area contributed by atoms with Crippen LogP contribution in [0.1, 0.15) is 11.1 Å². The summed E-state index contributed by atoms with van der Waals surface area (Å²) in [5, 5.41) is 0. The van der Waals surface area contributed by atoms with Gasteiger partial charge in [-0.2, -0.15) is 13.2 Å². The molecule has 2 rings (SSSR count). The van der Waals surface area contributed by atoms with Crippen LogP contribution >= 0.6 is 0 Å². The van der Waals surface area contributed by atoms with Crippen LogP contribution in [0.5, 0.6) is 5.75 Å². The van der Waals surface area contributed by atoms with E-state index in [-0.39, 0.29) is 6.54 Å². The van der Waals surface area contributed by atoms with Crippen LogP contribution in [0.15, 0.2) is 42.5 Å². The van der Waals surface area contributed by atoms with Crippen molar-refractivity contribution in [2.75, 3.05) is 7.11 Å². The molecule has 0 saturated carbocycles. The van der Waals surface area contributed by atoms with Crippen molar-refractivity contribution in [3.8, 4) is 16.9 Å². The van der Waals surface area contributed by atoms with E-state index < -0.39 is 11.7 Å². The van der Waals surface area contributed by atoms with Gasteiger partial charge in [0.25, 0.3) is 0 Å². The Morgan fingerprint density at radius 1 is 1.00 bits per heavy atom. The highest BCUT2D eigenvalue weighted by molar-refractivity contribution is 5.66. The first-order valence-electron chi connectivity index (χ1n) is 5.99. The monoisotopic (exact) mass is 281 g/mol. The molecule has 0 bridgehead atoms. The summed E-state index contributed by atoms with van der Waals surface area (Å²) in [6.45, 7) is 0.0626. The first kappa shape index (κ1) is 14.4. The van der Waals surface area contributed by atoms with Crippen molar-refractivity contribution in [3.05, 3.63) is 53.6 Å². The fraction of sp³-hybridized carbons (Fsp3) is 0.200. The molecule has 0 aromatic heterocycles. The van der Waals surface area contributed by atoms with Gasteiger partial charge >= 0.3 is 6.18 Å². The van der Waals surface area contributed by atoms with Crippen molar-refractivity contribution in [2.45, 2.75) is 12.7 Å². The molecule has 5 heteroatoms. The molecule has 0 radical (unpaired) electrons. The predicted molar refractivity (Wildman–Crippen MR) is 71.3 cm³/mol. The zero-order valence-electron chi connectivity index (χ0n) is 10.9. The van der Waals surface area contributed by atoms with Crippen molar-refractivity contribution >= 4 is 0 Å². The van der Waals surface area contributed by atoms with Crippen LogP contribution in [0, 0.1) is 0 Å². The smallest absolute Gasteiger partial charge is 0.416 e. The largest absolute Gasteiger partial charge is 0.497 e. The molecular formula is C15H14F3NO. The highest BCUT2D eigenvalue weighted by atomic mass is 19.4. The summed E-state index contributed by atoms with van der Waals surface area (Å²) in [5.41, 5.74) is 6.40. The maximum Gasteiger partial charge on any atom is 0.416 e. The van der Waals surface area contributed by atoms with Crippen LogP contribution in [0.3, 0.4) is 0 Å². The van der Waals surface area contributed by atoms with Crippen molar-refractivity contribution in [2.24, 2.45) is 5.73 Å². The van der Waals surface area contributed by atoms with Crippen LogP contribution in [0.4, 0.5) is 13.2 Å². The summed E-state index contributed by atoms with van der Waals surface area (Å²) in [7, 11) is 1.53. The van der Waals surface area contributed by atoms with Gasteiger partial charge in [-0.1, -0.05) is 12.1 Å². The second-order valence-electron chi connectivity index (χ2n) is 4.35. The number of rotatable bonds is 3. The van der Waals surface area contributed by atoms with E-state index in [2.05, 4.69) is 0 Å². The summed E-state index contributed by atoms with van der Waals surface area (Å²) in [6.07, 6.45) is -4.38. The zero-order valence-corrected chi connectivity index (χ0v) is 10.9. The van der Waals surface area contributed by atoms with Gasteiger partial charge in [-0.15, -0.1) is 0 Å². The van der Waals surface area contributed by atoms with E-state index in [4.69, 9.17) is 10.5 Å². The Morgan fingerprint density at radius 3 is 2.15 bits per heavy atom. The molecule has 0 spiro atoms. The molecule has 0 heterocycles. The van der Waals surface area contributed by atoms with Gasteiger partial charge in [0.2, 0.25) is 0 Å². The first-order chi connectivity index (χ1) is 9.44. The van der Waals surface area contributed by atoms with E-state index in [0.29, 0.717) is 22.4 Å². The average molecular weight is 281 g/mol. The number of ether oxygens (including phenoxy) is 1. The number of alkyl halides is 3. The SMILES string of the molecule is COc1ccc(-c2cc(CN)cc(C(F)(F)F)c2)cc1. The zero-order chi connectivity index (χ0) is 14.8. The van der Waals surface area contributed by atoms with E-state index in [1.165, 1.54) is 7.11 Å². The number of benzene rings is 2. The van der Waals surface area contributed by atoms with Crippen molar-refractivity contribution in [3.63, 3.8) is 0 Å². The van der Waals surface area contributed by atoms with Gasteiger partial charge in [-0.05, 0) is 47.0 Å². The Bertz CT molecular complexity index is 591. The van der Waals surface area contributed by atoms with E-state index in [1.54, 1.807) is 30.3 Å². The number of hydrogen-bond acceptors (Lipinski definition) is 2. The summed E-state index contributed by atoms with van der Waals surface area (Å²) in [6, 6.07) is 10.7. The molecule has 0 aliphatic rings. The normalized spacial score (nSPS) is 11.4. The number of methoxy groups -OCH3 is 1. The molecule has 0 saturated heterocycles. The Kier molecular flexibility index (Phi) is 3.99. The molecule has 2 nitrogen and oxygen atoms in total. The van der Waals surface area contributed by atoms with Crippen LogP contribution in [0.25, 0.3) is 11.1 Å². The number of nitrogens with two attached hydrogens (primary N) is 1. The number of hydrogen-bond donors (Lipinski definition) is 1. The average Bonchev–Trinajstić information content (AvgIpc) is 2.46. The molecule has 20 heavy (non-hydrogen) atoms. The third kappa shape index (κ3) is 3.11. The van der Waals surface area contributed by atoms with E-state index in [0.717, 1.165) is 12.1 Å². The van der Waals surface area contributed by atoms with Gasteiger partial charge < -0.3 is 10.5 Å². The van der Waals surface area contributed by atoms with Crippen molar-refractivity contribution in [1.29, 1.82) is 0 Å². The standard InChI is InChI=1S/C15H14F3NO/c1-20-14-4-2-11(3-5-14)12-6-10(9-19)7-13(8-12)15(16,17)18/h2-8H,9,19H2,1H3. The van der Waals surface area contributed by atoms with E-state index in [9.17, 15) is 13.2 Å². The fourth-order valence-corrected chi connectivity index (χ4v) is 1.92. The van der Waals surface area contributed by atoms with Gasteiger partial charge in [0.05, 0.1) is 12.7 Å². The minimum absolute atomic E-state index is 0.0626. The summed E-state index contributed by atoms with van der Waals surface area (Å²) < 4.78 is 43.6. The molecule has 2 aromatic carbocycles. The van der Waals surface area contributed by atoms with Gasteiger partial charge in [-0.25, -0.2) is 0 Å². The lowest BCUT2D eigenvalue weighted by Crippen LogP contribution is -2.07. The molecule has 2 aromatic rings. The Balaban J connectivity index is 2.49. The lowest BCUT2D eigenvalue weighted by atomic mass is 9.99. The first-order valence-corrected chi connectivity index (χ1v) is 5.99. The van der Waals surface area contributed by atoms with Crippen LogP contribution in [0.2, 0.25) is 0 Å². The topological polar surface area (TPSA) is 35.2 Å². The number of halogens is 3. The third-order valence-corrected chi connectivity index (χ3v) is 2.98. The lowest BCUT2D eigenvalue weighted by molar-refractivity contribution is -0.137. The molecule has 0 fully saturated rings. The van der Waals surface area contributed by atoms with Crippen molar-refractivity contribution < 1.29 is 17.9 Å².